The first-order chi connectivity index (χ1) is 11.4. The molecule has 0 amide bonds. The molecule has 0 fully saturated rings. The van der Waals surface area contributed by atoms with Gasteiger partial charge in [-0.15, -0.1) is 0 Å². The van der Waals surface area contributed by atoms with Crippen LogP contribution in [-0.2, 0) is 0 Å². The monoisotopic (exact) mass is 299 g/mol. The number of rotatable bonds is 4. The van der Waals surface area contributed by atoms with Crippen LogP contribution >= 0.6 is 0 Å². The zero-order valence-electron chi connectivity index (χ0n) is 12.6. The first-order valence-electron chi connectivity index (χ1n) is 7.63. The van der Waals surface area contributed by atoms with Gasteiger partial charge in [0.1, 0.15) is 0 Å². The van der Waals surface area contributed by atoms with Crippen molar-refractivity contribution in [1.82, 2.24) is 9.13 Å². The highest BCUT2D eigenvalue weighted by atomic mass is 15.0. The standard InChI is InChI=1S/C20H17N3/c1-3-11-19(22-13-5-6-14-22)17(9-1)21-18-10-2-4-12-20(18)23-15-7-8-16-23/h1-16,21H. The molecule has 1 N–H and O–H groups in total. The van der Waals surface area contributed by atoms with Crippen molar-refractivity contribution in [2.45, 2.75) is 0 Å². The van der Waals surface area contributed by atoms with Crippen LogP contribution in [0.1, 0.15) is 0 Å². The van der Waals surface area contributed by atoms with Crippen molar-refractivity contribution in [3.63, 3.8) is 0 Å². The summed E-state index contributed by atoms with van der Waals surface area (Å²) in [6.45, 7) is 0. The first kappa shape index (κ1) is 13.5. The molecule has 0 saturated carbocycles. The zero-order valence-corrected chi connectivity index (χ0v) is 12.6. The zero-order chi connectivity index (χ0) is 15.5. The topological polar surface area (TPSA) is 21.9 Å². The normalized spacial score (nSPS) is 10.6. The molecule has 0 saturated heterocycles. The van der Waals surface area contributed by atoms with Gasteiger partial charge in [0.25, 0.3) is 0 Å². The van der Waals surface area contributed by atoms with Crippen LogP contribution in [0.4, 0.5) is 11.4 Å². The van der Waals surface area contributed by atoms with E-state index in [4.69, 9.17) is 0 Å². The molecule has 0 radical (unpaired) electrons. The lowest BCUT2D eigenvalue weighted by atomic mass is 10.2. The summed E-state index contributed by atoms with van der Waals surface area (Å²) in [6, 6.07) is 24.8. The van der Waals surface area contributed by atoms with Crippen molar-refractivity contribution in [3.8, 4) is 11.4 Å². The minimum atomic E-state index is 1.07. The van der Waals surface area contributed by atoms with Crippen LogP contribution in [0.15, 0.2) is 97.6 Å². The van der Waals surface area contributed by atoms with E-state index in [2.05, 4.69) is 75.6 Å². The largest absolute Gasteiger partial charge is 0.352 e. The quantitative estimate of drug-likeness (QED) is 0.562. The number of hydrogen-bond acceptors (Lipinski definition) is 1. The average Bonchev–Trinajstić information content (AvgIpc) is 3.30. The van der Waals surface area contributed by atoms with E-state index in [1.807, 2.05) is 36.4 Å². The Morgan fingerprint density at radius 1 is 0.478 bits per heavy atom. The van der Waals surface area contributed by atoms with E-state index in [1.165, 1.54) is 0 Å². The fourth-order valence-corrected chi connectivity index (χ4v) is 2.74. The van der Waals surface area contributed by atoms with Crippen LogP contribution < -0.4 is 5.32 Å². The summed E-state index contributed by atoms with van der Waals surface area (Å²) in [5, 5.41) is 3.58. The third-order valence-electron chi connectivity index (χ3n) is 3.84. The molecular weight excluding hydrogens is 282 g/mol. The van der Waals surface area contributed by atoms with Gasteiger partial charge in [0.2, 0.25) is 0 Å². The Kier molecular flexibility index (Phi) is 3.45. The molecule has 112 valence electrons. The van der Waals surface area contributed by atoms with Crippen LogP contribution in [0, 0.1) is 0 Å². The second-order valence-corrected chi connectivity index (χ2v) is 5.34. The smallest absolute Gasteiger partial charge is 0.0686 e. The highest BCUT2D eigenvalue weighted by Gasteiger charge is 2.07. The van der Waals surface area contributed by atoms with Crippen molar-refractivity contribution in [3.05, 3.63) is 97.6 Å². The summed E-state index contributed by atoms with van der Waals surface area (Å²) < 4.78 is 4.22. The van der Waals surface area contributed by atoms with Gasteiger partial charge in [-0.1, -0.05) is 24.3 Å². The lowest BCUT2D eigenvalue weighted by molar-refractivity contribution is 1.07. The van der Waals surface area contributed by atoms with Gasteiger partial charge in [-0.25, -0.2) is 0 Å². The van der Waals surface area contributed by atoms with Gasteiger partial charge < -0.3 is 14.5 Å². The van der Waals surface area contributed by atoms with Crippen LogP contribution in [0.5, 0.6) is 0 Å². The summed E-state index contributed by atoms with van der Waals surface area (Å²) in [7, 11) is 0. The Bertz CT molecular complexity index is 815. The number of aromatic nitrogens is 2. The van der Waals surface area contributed by atoms with Crippen molar-refractivity contribution in [2.24, 2.45) is 0 Å². The molecule has 3 heteroatoms. The second kappa shape index (κ2) is 5.89. The van der Waals surface area contributed by atoms with Gasteiger partial charge in [0, 0.05) is 24.8 Å². The molecule has 4 aromatic rings. The Hall–Kier alpha value is -3.20. The molecule has 3 nitrogen and oxygen atoms in total. The van der Waals surface area contributed by atoms with Crippen LogP contribution in [0.3, 0.4) is 0 Å². The lowest BCUT2D eigenvalue weighted by Gasteiger charge is -2.16. The third kappa shape index (κ3) is 2.64. The minimum absolute atomic E-state index is 1.07. The highest BCUT2D eigenvalue weighted by molar-refractivity contribution is 5.74. The highest BCUT2D eigenvalue weighted by Crippen LogP contribution is 2.28. The number of para-hydroxylation sites is 4. The van der Waals surface area contributed by atoms with Gasteiger partial charge in [-0.3, -0.25) is 0 Å². The molecule has 2 aromatic heterocycles. The molecular formula is C20H17N3. The molecule has 4 rings (SSSR count). The van der Waals surface area contributed by atoms with E-state index >= 15 is 0 Å². The van der Waals surface area contributed by atoms with Gasteiger partial charge in [0.05, 0.1) is 22.7 Å². The molecule has 0 aliphatic heterocycles. The molecule has 0 spiro atoms. The number of hydrogen-bond donors (Lipinski definition) is 1. The number of benzene rings is 2. The maximum Gasteiger partial charge on any atom is 0.0686 e. The van der Waals surface area contributed by atoms with Crippen LogP contribution in [0.2, 0.25) is 0 Å². The number of nitrogens with one attached hydrogen (secondary N) is 1. The fourth-order valence-electron chi connectivity index (χ4n) is 2.74. The maximum absolute atomic E-state index is 3.58. The minimum Gasteiger partial charge on any atom is -0.352 e. The van der Waals surface area contributed by atoms with E-state index < -0.39 is 0 Å². The van der Waals surface area contributed by atoms with Crippen LogP contribution in [0.25, 0.3) is 11.4 Å². The van der Waals surface area contributed by atoms with E-state index in [-0.39, 0.29) is 0 Å². The first-order valence-corrected chi connectivity index (χ1v) is 7.63. The SMILES string of the molecule is c1ccc(-n2cccc2)c(Nc2ccccc2-n2cccc2)c1. The van der Waals surface area contributed by atoms with Gasteiger partial charge in [-0.05, 0) is 48.5 Å². The Labute approximate surface area is 135 Å². The van der Waals surface area contributed by atoms with Gasteiger partial charge in [0.15, 0.2) is 0 Å². The molecule has 0 atom stereocenters. The molecule has 2 heterocycles. The van der Waals surface area contributed by atoms with Crippen molar-refractivity contribution >= 4 is 11.4 Å². The van der Waals surface area contributed by atoms with E-state index in [1.54, 1.807) is 0 Å². The predicted molar refractivity (Wildman–Crippen MR) is 94.8 cm³/mol. The lowest BCUT2D eigenvalue weighted by Crippen LogP contribution is -2.01. The predicted octanol–water partition coefficient (Wildman–Crippen LogP) is 5.01. The molecule has 0 unspecified atom stereocenters. The fraction of sp³-hybridized carbons (Fsp3) is 0. The maximum atomic E-state index is 3.58. The Morgan fingerprint density at radius 2 is 0.870 bits per heavy atom. The Balaban J connectivity index is 1.76. The average molecular weight is 299 g/mol. The van der Waals surface area contributed by atoms with Gasteiger partial charge >= 0.3 is 0 Å². The molecule has 0 bridgehead atoms. The van der Waals surface area contributed by atoms with E-state index in [0.29, 0.717) is 0 Å². The molecule has 23 heavy (non-hydrogen) atoms. The summed E-state index contributed by atoms with van der Waals surface area (Å²) in [5.41, 5.74) is 4.39. The summed E-state index contributed by atoms with van der Waals surface area (Å²) >= 11 is 0. The number of anilines is 2. The summed E-state index contributed by atoms with van der Waals surface area (Å²) in [6.07, 6.45) is 8.22. The van der Waals surface area contributed by atoms with E-state index in [9.17, 15) is 0 Å². The van der Waals surface area contributed by atoms with Crippen molar-refractivity contribution in [1.29, 1.82) is 0 Å². The summed E-state index contributed by atoms with van der Waals surface area (Å²) in [4.78, 5) is 0. The van der Waals surface area contributed by atoms with Gasteiger partial charge in [-0.2, -0.15) is 0 Å². The van der Waals surface area contributed by atoms with Crippen molar-refractivity contribution < 1.29 is 0 Å². The van der Waals surface area contributed by atoms with Crippen molar-refractivity contribution in [2.75, 3.05) is 5.32 Å². The summed E-state index contributed by atoms with van der Waals surface area (Å²) in [5.74, 6) is 0. The molecule has 0 aliphatic rings. The van der Waals surface area contributed by atoms with E-state index in [0.717, 1.165) is 22.7 Å². The second-order valence-electron chi connectivity index (χ2n) is 5.34. The number of nitrogens with zero attached hydrogens (tertiary/aromatic N) is 2. The Morgan fingerprint density at radius 3 is 1.30 bits per heavy atom. The molecule has 0 aliphatic carbocycles. The van der Waals surface area contributed by atoms with Crippen LogP contribution in [-0.4, -0.2) is 9.13 Å². The molecule has 2 aromatic carbocycles. The third-order valence-corrected chi connectivity index (χ3v) is 3.84.